The van der Waals surface area contributed by atoms with Crippen molar-refractivity contribution >= 4 is 11.9 Å². The zero-order valence-corrected chi connectivity index (χ0v) is 12.0. The molecule has 0 unspecified atom stereocenters. The molecule has 0 aromatic carbocycles. The van der Waals surface area contributed by atoms with Crippen molar-refractivity contribution in [2.24, 2.45) is 0 Å². The minimum absolute atomic E-state index is 0.203. The number of H-pyrrole nitrogens is 1. The van der Waals surface area contributed by atoms with Crippen LogP contribution in [0.2, 0.25) is 0 Å². The van der Waals surface area contributed by atoms with Crippen molar-refractivity contribution in [1.82, 2.24) is 25.3 Å². The first-order valence-electron chi connectivity index (χ1n) is 6.87. The summed E-state index contributed by atoms with van der Waals surface area (Å²) >= 11 is 0. The topological polar surface area (TPSA) is 119 Å². The minimum atomic E-state index is -0.218. The van der Waals surface area contributed by atoms with Gasteiger partial charge in [0.1, 0.15) is 0 Å². The van der Waals surface area contributed by atoms with E-state index in [0.717, 1.165) is 12.8 Å². The number of carbonyl (C=O) groups excluding carboxylic acids is 1. The number of ether oxygens (including phenoxy) is 1. The quantitative estimate of drug-likeness (QED) is 0.748. The van der Waals surface area contributed by atoms with Crippen molar-refractivity contribution < 1.29 is 14.1 Å². The van der Waals surface area contributed by atoms with Crippen LogP contribution in [0.5, 0.6) is 6.01 Å². The zero-order valence-electron chi connectivity index (χ0n) is 12.0. The molecule has 0 saturated heterocycles. The van der Waals surface area contributed by atoms with Crippen molar-refractivity contribution in [2.45, 2.75) is 39.5 Å². The predicted molar refractivity (Wildman–Crippen MR) is 72.8 cm³/mol. The van der Waals surface area contributed by atoms with Crippen molar-refractivity contribution in [3.63, 3.8) is 0 Å². The van der Waals surface area contributed by atoms with Gasteiger partial charge in [-0.2, -0.15) is 9.97 Å². The third-order valence-corrected chi connectivity index (χ3v) is 2.55. The second kappa shape index (κ2) is 7.36. The second-order valence-electron chi connectivity index (χ2n) is 4.30. The molecule has 2 heterocycles. The largest absolute Gasteiger partial charge is 0.463 e. The van der Waals surface area contributed by atoms with Crippen LogP contribution in [-0.4, -0.2) is 37.8 Å². The molecule has 114 valence electrons. The third-order valence-electron chi connectivity index (χ3n) is 2.55. The summed E-state index contributed by atoms with van der Waals surface area (Å²) in [7, 11) is 0. The molecule has 1 amide bonds. The zero-order chi connectivity index (χ0) is 15.1. The fourth-order valence-electron chi connectivity index (χ4n) is 1.63. The summed E-state index contributed by atoms with van der Waals surface area (Å²) in [6.45, 7) is 4.33. The molecule has 0 aliphatic carbocycles. The number of nitrogens with one attached hydrogen (secondary N) is 2. The number of nitrogens with zero attached hydrogens (tertiary/aromatic N) is 4. The van der Waals surface area contributed by atoms with Gasteiger partial charge in [-0.15, -0.1) is 5.10 Å². The maximum atomic E-state index is 11.8. The Morgan fingerprint density at radius 1 is 1.33 bits per heavy atom. The lowest BCUT2D eigenvalue weighted by Crippen LogP contribution is -2.13. The van der Waals surface area contributed by atoms with Gasteiger partial charge in [-0.1, -0.05) is 12.1 Å². The van der Waals surface area contributed by atoms with Gasteiger partial charge in [0.05, 0.1) is 6.61 Å². The predicted octanol–water partition coefficient (Wildman–Crippen LogP) is 1.11. The highest BCUT2D eigenvalue weighted by Crippen LogP contribution is 2.07. The summed E-state index contributed by atoms with van der Waals surface area (Å²) in [5.41, 5.74) is 0. The summed E-state index contributed by atoms with van der Waals surface area (Å²) in [5.74, 6) is 1.16. The van der Waals surface area contributed by atoms with Crippen LogP contribution in [0.1, 0.15) is 38.4 Å². The molecule has 0 atom stereocenters. The van der Waals surface area contributed by atoms with E-state index in [0.29, 0.717) is 24.7 Å². The Morgan fingerprint density at radius 3 is 2.95 bits per heavy atom. The monoisotopic (exact) mass is 294 g/mol. The maximum Gasteiger partial charge on any atom is 0.337 e. The Bertz CT molecular complexity index is 579. The number of carbonyl (C=O) groups is 1. The van der Waals surface area contributed by atoms with Crippen molar-refractivity contribution in [3.8, 4) is 6.01 Å². The van der Waals surface area contributed by atoms with Crippen molar-refractivity contribution in [2.75, 3.05) is 11.9 Å². The first-order valence-corrected chi connectivity index (χ1v) is 6.87. The number of amides is 1. The Balaban J connectivity index is 1.78. The van der Waals surface area contributed by atoms with Gasteiger partial charge in [0.25, 0.3) is 0 Å². The number of aromatic amines is 1. The summed E-state index contributed by atoms with van der Waals surface area (Å²) < 4.78 is 10.1. The van der Waals surface area contributed by atoms with Crippen LogP contribution in [0.3, 0.4) is 0 Å². The van der Waals surface area contributed by atoms with E-state index in [2.05, 4.69) is 30.6 Å². The van der Waals surface area contributed by atoms with Gasteiger partial charge in [0, 0.05) is 19.3 Å². The minimum Gasteiger partial charge on any atom is -0.463 e. The number of aromatic nitrogens is 5. The van der Waals surface area contributed by atoms with Crippen LogP contribution in [0.15, 0.2) is 4.52 Å². The van der Waals surface area contributed by atoms with E-state index in [4.69, 9.17) is 9.26 Å². The highest BCUT2D eigenvalue weighted by Gasteiger charge is 2.11. The van der Waals surface area contributed by atoms with Crippen molar-refractivity contribution in [3.05, 3.63) is 11.7 Å². The Kier molecular flexibility index (Phi) is 5.24. The number of hydrogen-bond acceptors (Lipinski definition) is 7. The number of hydrogen-bond donors (Lipinski definition) is 2. The maximum absolute atomic E-state index is 11.8. The van der Waals surface area contributed by atoms with E-state index < -0.39 is 0 Å². The number of aryl methyl sites for hydroxylation is 2. The van der Waals surface area contributed by atoms with E-state index in [1.807, 2.05) is 13.8 Å². The number of rotatable bonds is 8. The van der Waals surface area contributed by atoms with Crippen LogP contribution >= 0.6 is 0 Å². The van der Waals surface area contributed by atoms with Gasteiger partial charge < -0.3 is 9.26 Å². The van der Waals surface area contributed by atoms with Crippen LogP contribution in [0, 0.1) is 0 Å². The van der Waals surface area contributed by atoms with E-state index in [9.17, 15) is 4.79 Å². The molecule has 9 nitrogen and oxygen atoms in total. The molecular formula is C12H18N6O3. The van der Waals surface area contributed by atoms with Crippen LogP contribution in [-0.2, 0) is 17.6 Å². The molecule has 0 bridgehead atoms. The normalized spacial score (nSPS) is 10.6. The summed E-state index contributed by atoms with van der Waals surface area (Å²) in [6.07, 6.45) is 2.33. The van der Waals surface area contributed by atoms with Crippen molar-refractivity contribution in [1.29, 1.82) is 0 Å². The highest BCUT2D eigenvalue weighted by atomic mass is 16.5. The average molecular weight is 294 g/mol. The fourth-order valence-corrected chi connectivity index (χ4v) is 1.63. The molecule has 2 aromatic rings. The first kappa shape index (κ1) is 14.9. The Morgan fingerprint density at radius 2 is 2.19 bits per heavy atom. The summed E-state index contributed by atoms with van der Waals surface area (Å²) in [4.78, 5) is 19.9. The molecule has 2 N–H and O–H groups in total. The second-order valence-corrected chi connectivity index (χ2v) is 4.30. The molecule has 9 heteroatoms. The van der Waals surface area contributed by atoms with Gasteiger partial charge >= 0.3 is 6.01 Å². The lowest BCUT2D eigenvalue weighted by molar-refractivity contribution is -0.116. The molecule has 2 aromatic heterocycles. The van der Waals surface area contributed by atoms with E-state index in [-0.39, 0.29) is 24.3 Å². The molecule has 0 aliphatic heterocycles. The molecule has 0 aliphatic rings. The summed E-state index contributed by atoms with van der Waals surface area (Å²) in [6, 6.07) is 0.203. The Labute approximate surface area is 121 Å². The third kappa shape index (κ3) is 4.55. The standard InChI is InChI=1S/C12H18N6O3/c1-3-5-8-13-10(21-18-8)7-6-9(19)14-11-15-12(17-16-11)20-4-2/h3-7H2,1-2H3,(H2,14,15,16,17,19). The lowest BCUT2D eigenvalue weighted by atomic mass is 10.3. The SMILES string of the molecule is CCCc1noc(CCC(=O)Nc2nc(OCC)n[nH]2)n1. The Hall–Kier alpha value is -2.45. The van der Waals surface area contributed by atoms with Gasteiger partial charge in [-0.3, -0.25) is 10.1 Å². The molecular weight excluding hydrogens is 276 g/mol. The first-order chi connectivity index (χ1) is 10.2. The molecule has 0 fully saturated rings. The van der Waals surface area contributed by atoms with Gasteiger partial charge in [0.15, 0.2) is 5.82 Å². The molecule has 0 saturated carbocycles. The molecule has 0 radical (unpaired) electrons. The molecule has 0 spiro atoms. The summed E-state index contributed by atoms with van der Waals surface area (Å²) in [5, 5.41) is 12.8. The van der Waals surface area contributed by atoms with E-state index in [1.54, 1.807) is 0 Å². The van der Waals surface area contributed by atoms with Crippen LogP contribution in [0.25, 0.3) is 0 Å². The average Bonchev–Trinajstić information content (AvgIpc) is 3.07. The van der Waals surface area contributed by atoms with E-state index in [1.165, 1.54) is 0 Å². The molecule has 2 rings (SSSR count). The van der Waals surface area contributed by atoms with Gasteiger partial charge in [-0.05, 0) is 13.3 Å². The van der Waals surface area contributed by atoms with Gasteiger partial charge in [0.2, 0.25) is 17.7 Å². The smallest absolute Gasteiger partial charge is 0.337 e. The van der Waals surface area contributed by atoms with E-state index >= 15 is 0 Å². The van der Waals surface area contributed by atoms with Crippen LogP contribution < -0.4 is 10.1 Å². The number of anilines is 1. The fraction of sp³-hybridized carbons (Fsp3) is 0.583. The lowest BCUT2D eigenvalue weighted by Gasteiger charge is -1.98. The van der Waals surface area contributed by atoms with Crippen LogP contribution in [0.4, 0.5) is 5.95 Å². The van der Waals surface area contributed by atoms with Gasteiger partial charge in [-0.25, -0.2) is 5.10 Å². The highest BCUT2D eigenvalue weighted by molar-refractivity contribution is 5.88. The molecule has 21 heavy (non-hydrogen) atoms.